The molecule has 1 N–H and O–H groups in total. The Balaban J connectivity index is 2.23. The van der Waals surface area contributed by atoms with Gasteiger partial charge in [0.2, 0.25) is 0 Å². The van der Waals surface area contributed by atoms with Crippen LogP contribution in [-0.4, -0.2) is 47.4 Å². The summed E-state index contributed by atoms with van der Waals surface area (Å²) in [4.78, 5) is 36.2. The highest BCUT2D eigenvalue weighted by Crippen LogP contribution is 2.34. The summed E-state index contributed by atoms with van der Waals surface area (Å²) in [6, 6.07) is 4.59. The number of methoxy groups -OCH3 is 1. The largest absolute Gasteiger partial charge is 0.504 e. The number of carbonyl (C=O) groups excluding carboxylic acids is 3. The molecular weight excluding hydrogens is 322 g/mol. The predicted octanol–water partition coefficient (Wildman–Crippen LogP) is 2.00. The maximum atomic E-state index is 12.2. The van der Waals surface area contributed by atoms with E-state index in [-0.39, 0.29) is 16.4 Å². The molecule has 1 fully saturated rings. The number of rotatable bonds is 5. The molecule has 0 aromatic heterocycles. The molecule has 23 heavy (non-hydrogen) atoms. The van der Waals surface area contributed by atoms with Crippen molar-refractivity contribution in [1.29, 1.82) is 0 Å². The number of nitrogens with zero attached hydrogens (tertiary/aromatic N) is 1. The average Bonchev–Trinajstić information content (AvgIpc) is 2.78. The van der Waals surface area contributed by atoms with Crippen LogP contribution in [-0.2, 0) is 14.3 Å². The van der Waals surface area contributed by atoms with Gasteiger partial charge in [-0.15, -0.1) is 0 Å². The third-order valence-electron chi connectivity index (χ3n) is 2.97. The first kappa shape index (κ1) is 16.9. The van der Waals surface area contributed by atoms with E-state index < -0.39 is 23.7 Å². The number of ether oxygens (including phenoxy) is 2. The van der Waals surface area contributed by atoms with Crippen LogP contribution >= 0.6 is 11.8 Å². The molecule has 0 bridgehead atoms. The van der Waals surface area contributed by atoms with Crippen LogP contribution < -0.4 is 4.74 Å². The van der Waals surface area contributed by atoms with Gasteiger partial charge >= 0.3 is 5.97 Å². The van der Waals surface area contributed by atoms with E-state index in [9.17, 15) is 19.5 Å². The quantitative estimate of drug-likeness (QED) is 0.649. The van der Waals surface area contributed by atoms with Crippen LogP contribution in [0.15, 0.2) is 23.1 Å². The second-order valence-electron chi connectivity index (χ2n) is 4.50. The zero-order chi connectivity index (χ0) is 17.0. The van der Waals surface area contributed by atoms with Crippen molar-refractivity contribution in [3.05, 3.63) is 28.7 Å². The van der Waals surface area contributed by atoms with Crippen LogP contribution in [0.4, 0.5) is 4.79 Å². The Morgan fingerprint density at radius 3 is 2.78 bits per heavy atom. The van der Waals surface area contributed by atoms with Gasteiger partial charge in [0.1, 0.15) is 6.54 Å². The Kier molecular flexibility index (Phi) is 5.28. The number of aromatic hydroxyl groups is 1. The van der Waals surface area contributed by atoms with Gasteiger partial charge in [0.05, 0.1) is 18.6 Å². The zero-order valence-corrected chi connectivity index (χ0v) is 13.4. The summed E-state index contributed by atoms with van der Waals surface area (Å²) in [7, 11) is 1.18. The summed E-state index contributed by atoms with van der Waals surface area (Å²) in [5.74, 6) is -0.953. The van der Waals surface area contributed by atoms with E-state index in [1.807, 2.05) is 0 Å². The summed E-state index contributed by atoms with van der Waals surface area (Å²) in [5, 5.41) is 9.13. The van der Waals surface area contributed by atoms with Crippen LogP contribution in [0.2, 0.25) is 0 Å². The average molecular weight is 337 g/mol. The lowest BCUT2D eigenvalue weighted by molar-refractivity contribution is -0.143. The zero-order valence-electron chi connectivity index (χ0n) is 12.6. The molecule has 1 saturated heterocycles. The van der Waals surface area contributed by atoms with Crippen molar-refractivity contribution >= 4 is 35.0 Å². The Hall–Kier alpha value is -2.48. The van der Waals surface area contributed by atoms with Crippen molar-refractivity contribution in [1.82, 2.24) is 4.90 Å². The van der Waals surface area contributed by atoms with Crippen molar-refractivity contribution in [3.63, 3.8) is 0 Å². The number of esters is 1. The fourth-order valence-electron chi connectivity index (χ4n) is 1.87. The first-order valence-corrected chi connectivity index (χ1v) is 7.56. The Labute approximate surface area is 136 Å². The van der Waals surface area contributed by atoms with E-state index >= 15 is 0 Å². The molecule has 0 radical (unpaired) electrons. The minimum absolute atomic E-state index is 0.0113. The maximum Gasteiger partial charge on any atom is 0.325 e. The maximum absolute atomic E-state index is 12.2. The van der Waals surface area contributed by atoms with Crippen molar-refractivity contribution in [3.8, 4) is 11.5 Å². The highest BCUT2D eigenvalue weighted by Gasteiger charge is 2.36. The Morgan fingerprint density at radius 1 is 1.39 bits per heavy atom. The first-order chi connectivity index (χ1) is 11.0. The molecule has 1 aliphatic heterocycles. The number of phenols is 1. The molecule has 0 unspecified atom stereocenters. The van der Waals surface area contributed by atoms with Gasteiger partial charge in [-0.3, -0.25) is 19.3 Å². The topological polar surface area (TPSA) is 93.1 Å². The minimum atomic E-state index is -0.670. The number of phenolic OH excluding ortho intramolecular Hbond substituents is 1. The molecule has 0 saturated carbocycles. The molecule has 1 aromatic rings. The van der Waals surface area contributed by atoms with Crippen molar-refractivity contribution < 1.29 is 29.0 Å². The molecule has 8 heteroatoms. The third-order valence-corrected chi connectivity index (χ3v) is 3.88. The van der Waals surface area contributed by atoms with Gasteiger partial charge in [0.25, 0.3) is 11.1 Å². The van der Waals surface area contributed by atoms with Crippen molar-refractivity contribution in [2.45, 2.75) is 6.92 Å². The molecule has 1 aromatic carbocycles. The second-order valence-corrected chi connectivity index (χ2v) is 5.50. The van der Waals surface area contributed by atoms with E-state index in [1.165, 1.54) is 19.3 Å². The second kappa shape index (κ2) is 7.19. The molecule has 0 aliphatic carbocycles. The number of carbonyl (C=O) groups is 3. The van der Waals surface area contributed by atoms with E-state index in [0.717, 1.165) is 16.7 Å². The minimum Gasteiger partial charge on any atom is -0.504 e. The van der Waals surface area contributed by atoms with Gasteiger partial charge in [-0.25, -0.2) is 0 Å². The lowest BCUT2D eigenvalue weighted by atomic mass is 10.2. The number of thioether (sulfide) groups is 1. The highest BCUT2D eigenvalue weighted by molar-refractivity contribution is 8.18. The molecule has 2 rings (SSSR count). The Bertz CT molecular complexity index is 685. The summed E-state index contributed by atoms with van der Waals surface area (Å²) in [6.45, 7) is 1.75. The lowest BCUT2D eigenvalue weighted by Gasteiger charge is -2.09. The van der Waals surface area contributed by atoms with Gasteiger partial charge < -0.3 is 14.6 Å². The van der Waals surface area contributed by atoms with Gasteiger partial charge in [-0.1, -0.05) is 6.07 Å². The number of hydrogen-bond acceptors (Lipinski definition) is 7. The van der Waals surface area contributed by atoms with Gasteiger partial charge in [-0.05, 0) is 42.5 Å². The smallest absolute Gasteiger partial charge is 0.325 e. The van der Waals surface area contributed by atoms with Crippen LogP contribution in [0.3, 0.4) is 0 Å². The molecule has 7 nitrogen and oxygen atoms in total. The lowest BCUT2D eigenvalue weighted by Crippen LogP contribution is -2.34. The van der Waals surface area contributed by atoms with E-state index in [2.05, 4.69) is 4.74 Å². The summed E-state index contributed by atoms with van der Waals surface area (Å²) >= 11 is 0.740. The summed E-state index contributed by atoms with van der Waals surface area (Å²) in [6.07, 6.45) is 1.50. The molecule has 1 aliphatic rings. The van der Waals surface area contributed by atoms with Crippen LogP contribution in [0.1, 0.15) is 12.5 Å². The number of hydrogen-bond donors (Lipinski definition) is 1. The monoisotopic (exact) mass is 337 g/mol. The molecule has 0 spiro atoms. The standard InChI is InChI=1S/C15H15NO6S/c1-3-22-11-6-9(4-5-10(11)17)7-12-14(19)16(15(20)23-12)8-13(18)21-2/h4-7,17H,3,8H2,1-2H3. The SMILES string of the molecule is CCOc1cc(C=C2SC(=O)N(CC(=O)OC)C2=O)ccc1O. The van der Waals surface area contributed by atoms with Gasteiger partial charge in [-0.2, -0.15) is 0 Å². The highest BCUT2D eigenvalue weighted by atomic mass is 32.2. The van der Waals surface area contributed by atoms with Crippen molar-refractivity contribution in [2.75, 3.05) is 20.3 Å². The molecule has 2 amide bonds. The normalized spacial score (nSPS) is 16.1. The van der Waals surface area contributed by atoms with Crippen LogP contribution in [0, 0.1) is 0 Å². The number of amides is 2. The predicted molar refractivity (Wildman–Crippen MR) is 84.0 cm³/mol. The van der Waals surface area contributed by atoms with Crippen molar-refractivity contribution in [2.24, 2.45) is 0 Å². The molecule has 0 atom stereocenters. The van der Waals surface area contributed by atoms with E-state index in [4.69, 9.17) is 4.74 Å². The molecule has 122 valence electrons. The number of imide groups is 1. The van der Waals surface area contributed by atoms with E-state index in [1.54, 1.807) is 19.1 Å². The van der Waals surface area contributed by atoms with Gasteiger partial charge in [0.15, 0.2) is 11.5 Å². The molecule has 1 heterocycles. The summed E-state index contributed by atoms with van der Waals surface area (Å²) in [5.41, 5.74) is 0.592. The van der Waals surface area contributed by atoms with E-state index in [0.29, 0.717) is 12.2 Å². The number of benzene rings is 1. The first-order valence-electron chi connectivity index (χ1n) is 6.74. The fraction of sp³-hybridized carbons (Fsp3) is 0.267. The van der Waals surface area contributed by atoms with Crippen LogP contribution in [0.25, 0.3) is 6.08 Å². The van der Waals surface area contributed by atoms with Gasteiger partial charge in [0, 0.05) is 0 Å². The summed E-state index contributed by atoms with van der Waals surface area (Å²) < 4.78 is 9.73. The fourth-order valence-corrected chi connectivity index (χ4v) is 2.71. The third kappa shape index (κ3) is 3.84. The van der Waals surface area contributed by atoms with Crippen LogP contribution in [0.5, 0.6) is 11.5 Å². The Morgan fingerprint density at radius 2 is 2.13 bits per heavy atom. The molecular formula is C15H15NO6S.